The van der Waals surface area contributed by atoms with E-state index >= 15 is 0 Å². The summed E-state index contributed by atoms with van der Waals surface area (Å²) < 4.78 is 11.4. The van der Waals surface area contributed by atoms with E-state index in [4.69, 9.17) is 14.7 Å². The highest BCUT2D eigenvalue weighted by molar-refractivity contribution is 5.57. The standard InChI is InChI=1S/C12H17NO4/c13-5-1-2-9-3-4-11-12(8-15,17-9)6-10(7-14)16-11/h7,9-11,15H,1-4,6,8H2/t9-,10+,11-,12?/m0/s1. The van der Waals surface area contributed by atoms with Gasteiger partial charge in [-0.1, -0.05) is 0 Å². The number of aldehydes is 1. The number of rotatable bonds is 4. The van der Waals surface area contributed by atoms with Crippen LogP contribution in [-0.2, 0) is 14.3 Å². The van der Waals surface area contributed by atoms with Gasteiger partial charge in [-0.2, -0.15) is 5.26 Å². The van der Waals surface area contributed by atoms with Gasteiger partial charge in [0.15, 0.2) is 0 Å². The average molecular weight is 239 g/mol. The summed E-state index contributed by atoms with van der Waals surface area (Å²) in [4.78, 5) is 10.8. The van der Waals surface area contributed by atoms with Crippen molar-refractivity contribution in [2.75, 3.05) is 6.61 Å². The Morgan fingerprint density at radius 3 is 3.00 bits per heavy atom. The van der Waals surface area contributed by atoms with E-state index in [2.05, 4.69) is 6.07 Å². The van der Waals surface area contributed by atoms with Crippen LogP contribution in [0.2, 0.25) is 0 Å². The topological polar surface area (TPSA) is 79.5 Å². The minimum atomic E-state index is -0.732. The van der Waals surface area contributed by atoms with Gasteiger partial charge in [0.2, 0.25) is 0 Å². The summed E-state index contributed by atoms with van der Waals surface area (Å²) >= 11 is 0. The minimum Gasteiger partial charge on any atom is -0.393 e. The molecule has 2 fully saturated rings. The quantitative estimate of drug-likeness (QED) is 0.725. The van der Waals surface area contributed by atoms with Gasteiger partial charge in [-0.05, 0) is 19.3 Å². The van der Waals surface area contributed by atoms with Gasteiger partial charge >= 0.3 is 0 Å². The van der Waals surface area contributed by atoms with Crippen molar-refractivity contribution in [1.82, 2.24) is 0 Å². The van der Waals surface area contributed by atoms with E-state index in [-0.39, 0.29) is 18.8 Å². The minimum absolute atomic E-state index is 0.00736. The molecule has 4 atom stereocenters. The summed E-state index contributed by atoms with van der Waals surface area (Å²) in [5.41, 5.74) is -0.732. The molecule has 0 saturated carbocycles. The Morgan fingerprint density at radius 2 is 2.35 bits per heavy atom. The molecule has 0 spiro atoms. The number of carbonyl (C=O) groups excluding carboxylic acids is 1. The largest absolute Gasteiger partial charge is 0.393 e. The SMILES string of the molecule is N#CCC[C@H]1CC[C@@H]2O[C@@H](C=O)CC2(CO)O1. The van der Waals surface area contributed by atoms with Crippen molar-refractivity contribution in [1.29, 1.82) is 5.26 Å². The maximum atomic E-state index is 10.8. The highest BCUT2D eigenvalue weighted by Gasteiger charge is 2.52. The molecule has 0 radical (unpaired) electrons. The summed E-state index contributed by atoms with van der Waals surface area (Å²) in [6, 6.07) is 2.10. The molecule has 2 rings (SSSR count). The van der Waals surface area contributed by atoms with Crippen molar-refractivity contribution in [2.24, 2.45) is 0 Å². The maximum absolute atomic E-state index is 10.8. The first kappa shape index (κ1) is 12.5. The summed E-state index contributed by atoms with van der Waals surface area (Å²) in [5, 5.41) is 18.1. The summed E-state index contributed by atoms with van der Waals surface area (Å²) in [6.45, 7) is -0.134. The molecule has 0 aromatic carbocycles. The molecule has 0 aromatic rings. The molecule has 94 valence electrons. The zero-order chi connectivity index (χ0) is 12.3. The van der Waals surface area contributed by atoms with Crippen LogP contribution in [0.1, 0.15) is 32.1 Å². The normalized spacial score (nSPS) is 40.6. The molecule has 5 heteroatoms. The van der Waals surface area contributed by atoms with Gasteiger partial charge in [0.1, 0.15) is 18.0 Å². The Labute approximate surface area is 100 Å². The number of aliphatic hydroxyl groups is 1. The Hall–Kier alpha value is -0.960. The van der Waals surface area contributed by atoms with E-state index in [9.17, 15) is 9.90 Å². The average Bonchev–Trinajstić information content (AvgIpc) is 2.74. The lowest BCUT2D eigenvalue weighted by molar-refractivity contribution is -0.183. The zero-order valence-corrected chi connectivity index (χ0v) is 9.67. The number of hydrogen-bond donors (Lipinski definition) is 1. The molecule has 5 nitrogen and oxygen atoms in total. The summed E-state index contributed by atoms with van der Waals surface area (Å²) in [5.74, 6) is 0. The Morgan fingerprint density at radius 1 is 1.53 bits per heavy atom. The number of carbonyl (C=O) groups is 1. The Balaban J connectivity index is 2.03. The van der Waals surface area contributed by atoms with Gasteiger partial charge in [-0.15, -0.1) is 0 Å². The zero-order valence-electron chi connectivity index (χ0n) is 9.67. The third-order valence-corrected chi connectivity index (χ3v) is 3.62. The monoisotopic (exact) mass is 239 g/mol. The van der Waals surface area contributed by atoms with Crippen LogP contribution in [-0.4, -0.2) is 41.9 Å². The predicted molar refractivity (Wildman–Crippen MR) is 58.1 cm³/mol. The summed E-state index contributed by atoms with van der Waals surface area (Å²) in [6.07, 6.45) is 3.24. The second kappa shape index (κ2) is 5.13. The van der Waals surface area contributed by atoms with Crippen molar-refractivity contribution in [3.8, 4) is 6.07 Å². The second-order valence-electron chi connectivity index (χ2n) is 4.74. The number of nitrogens with zero attached hydrogens (tertiary/aromatic N) is 1. The molecule has 17 heavy (non-hydrogen) atoms. The van der Waals surface area contributed by atoms with Gasteiger partial charge in [-0.3, -0.25) is 0 Å². The lowest BCUT2D eigenvalue weighted by atomic mass is 9.86. The third-order valence-electron chi connectivity index (χ3n) is 3.62. The fraction of sp³-hybridized carbons (Fsp3) is 0.833. The van der Waals surface area contributed by atoms with Crippen molar-refractivity contribution in [3.05, 3.63) is 0 Å². The molecule has 0 amide bonds. The lowest BCUT2D eigenvalue weighted by Crippen LogP contribution is -2.51. The highest BCUT2D eigenvalue weighted by atomic mass is 16.6. The lowest BCUT2D eigenvalue weighted by Gasteiger charge is -2.40. The fourth-order valence-electron chi connectivity index (χ4n) is 2.75. The van der Waals surface area contributed by atoms with Gasteiger partial charge < -0.3 is 19.4 Å². The van der Waals surface area contributed by atoms with Crippen LogP contribution in [0.15, 0.2) is 0 Å². The van der Waals surface area contributed by atoms with Crippen molar-refractivity contribution in [2.45, 2.75) is 56.0 Å². The van der Waals surface area contributed by atoms with Crippen LogP contribution >= 0.6 is 0 Å². The smallest absolute Gasteiger partial charge is 0.148 e. The van der Waals surface area contributed by atoms with Crippen LogP contribution in [0.25, 0.3) is 0 Å². The van der Waals surface area contributed by atoms with Gasteiger partial charge in [0, 0.05) is 12.8 Å². The molecule has 0 aliphatic carbocycles. The van der Waals surface area contributed by atoms with E-state index in [0.717, 1.165) is 19.1 Å². The highest BCUT2D eigenvalue weighted by Crippen LogP contribution is 2.41. The van der Waals surface area contributed by atoms with E-state index in [1.807, 2.05) is 0 Å². The molecule has 2 aliphatic rings. The molecular formula is C12H17NO4. The number of aliphatic hydroxyl groups excluding tert-OH is 1. The Kier molecular flexibility index (Phi) is 3.77. The second-order valence-corrected chi connectivity index (χ2v) is 4.74. The third kappa shape index (κ3) is 2.34. The van der Waals surface area contributed by atoms with Gasteiger partial charge in [-0.25, -0.2) is 0 Å². The number of ether oxygens (including phenoxy) is 2. The Bertz CT molecular complexity index is 327. The molecular weight excluding hydrogens is 222 g/mol. The molecule has 1 unspecified atom stereocenters. The van der Waals surface area contributed by atoms with Gasteiger partial charge in [0.25, 0.3) is 0 Å². The van der Waals surface area contributed by atoms with Crippen LogP contribution in [0.5, 0.6) is 0 Å². The molecule has 2 heterocycles. The van der Waals surface area contributed by atoms with E-state index in [1.54, 1.807) is 0 Å². The van der Waals surface area contributed by atoms with Crippen LogP contribution in [0.4, 0.5) is 0 Å². The maximum Gasteiger partial charge on any atom is 0.148 e. The van der Waals surface area contributed by atoms with Crippen LogP contribution < -0.4 is 0 Å². The van der Waals surface area contributed by atoms with Crippen molar-refractivity contribution in [3.63, 3.8) is 0 Å². The van der Waals surface area contributed by atoms with Crippen LogP contribution in [0, 0.1) is 11.3 Å². The number of hydrogen-bond acceptors (Lipinski definition) is 5. The van der Waals surface area contributed by atoms with Crippen LogP contribution in [0.3, 0.4) is 0 Å². The predicted octanol–water partition coefficient (Wildman–Crippen LogP) is 0.557. The molecule has 2 aliphatic heterocycles. The van der Waals surface area contributed by atoms with E-state index in [0.29, 0.717) is 19.3 Å². The first-order chi connectivity index (χ1) is 8.24. The van der Waals surface area contributed by atoms with Crippen molar-refractivity contribution < 1.29 is 19.4 Å². The number of nitriles is 1. The summed E-state index contributed by atoms with van der Waals surface area (Å²) in [7, 11) is 0. The molecule has 0 aromatic heterocycles. The van der Waals surface area contributed by atoms with E-state index in [1.165, 1.54) is 0 Å². The first-order valence-electron chi connectivity index (χ1n) is 6.00. The molecule has 2 saturated heterocycles. The number of fused-ring (bicyclic) bond motifs is 1. The fourth-order valence-corrected chi connectivity index (χ4v) is 2.75. The molecule has 0 bridgehead atoms. The van der Waals surface area contributed by atoms with Crippen molar-refractivity contribution >= 4 is 6.29 Å². The first-order valence-corrected chi connectivity index (χ1v) is 6.00. The van der Waals surface area contributed by atoms with E-state index < -0.39 is 11.7 Å². The van der Waals surface area contributed by atoms with Gasteiger partial charge in [0.05, 0.1) is 24.9 Å². The molecule has 1 N–H and O–H groups in total.